The number of carboxylic acids is 1. The maximum atomic E-state index is 12.1. The van der Waals surface area contributed by atoms with E-state index in [-0.39, 0.29) is 5.69 Å². The van der Waals surface area contributed by atoms with Gasteiger partial charge in [-0.1, -0.05) is 13.0 Å². The molecule has 0 saturated heterocycles. The van der Waals surface area contributed by atoms with Crippen molar-refractivity contribution in [1.82, 2.24) is 10.3 Å². The highest BCUT2D eigenvalue weighted by molar-refractivity contribution is 5.96. The Morgan fingerprint density at radius 3 is 2.58 bits per heavy atom. The van der Waals surface area contributed by atoms with Crippen molar-refractivity contribution in [2.24, 2.45) is 5.92 Å². The van der Waals surface area contributed by atoms with E-state index in [0.717, 1.165) is 12.8 Å². The monoisotopic (exact) mass is 262 g/mol. The van der Waals surface area contributed by atoms with E-state index in [4.69, 9.17) is 0 Å². The third-order valence-electron chi connectivity index (χ3n) is 3.79. The molecule has 1 amide bonds. The van der Waals surface area contributed by atoms with Crippen LogP contribution in [0.3, 0.4) is 0 Å². The number of aromatic nitrogens is 1. The highest BCUT2D eigenvalue weighted by Crippen LogP contribution is 2.32. The lowest BCUT2D eigenvalue weighted by atomic mass is 9.77. The molecular weight excluding hydrogens is 244 g/mol. The van der Waals surface area contributed by atoms with Gasteiger partial charge in [0.2, 0.25) is 0 Å². The maximum Gasteiger partial charge on any atom is 0.329 e. The first-order valence-electron chi connectivity index (χ1n) is 6.50. The highest BCUT2D eigenvalue weighted by atomic mass is 16.4. The van der Waals surface area contributed by atoms with Crippen molar-refractivity contribution in [3.05, 3.63) is 30.1 Å². The molecule has 0 radical (unpaired) electrons. The SMILES string of the molecule is CC1CCC(NC(=O)c2ccccn2)(C(=O)O)CC1. The summed E-state index contributed by atoms with van der Waals surface area (Å²) in [4.78, 5) is 27.5. The van der Waals surface area contributed by atoms with Gasteiger partial charge in [-0.3, -0.25) is 9.78 Å². The molecule has 0 bridgehead atoms. The Kier molecular flexibility index (Phi) is 3.83. The number of carbonyl (C=O) groups is 2. The molecule has 2 rings (SSSR count). The van der Waals surface area contributed by atoms with E-state index in [1.807, 2.05) is 0 Å². The van der Waals surface area contributed by atoms with Gasteiger partial charge >= 0.3 is 5.97 Å². The number of hydrogen-bond donors (Lipinski definition) is 2. The number of nitrogens with one attached hydrogen (secondary N) is 1. The molecule has 1 aliphatic rings. The summed E-state index contributed by atoms with van der Waals surface area (Å²) in [5.74, 6) is -0.861. The Bertz CT molecular complexity index is 465. The predicted molar refractivity (Wildman–Crippen MR) is 69.7 cm³/mol. The number of carbonyl (C=O) groups excluding carboxylic acids is 1. The largest absolute Gasteiger partial charge is 0.480 e. The molecule has 1 heterocycles. The molecule has 1 aliphatic carbocycles. The molecule has 5 nitrogen and oxygen atoms in total. The fourth-order valence-electron chi connectivity index (χ4n) is 2.43. The number of amides is 1. The summed E-state index contributed by atoms with van der Waals surface area (Å²) in [6.45, 7) is 2.10. The summed E-state index contributed by atoms with van der Waals surface area (Å²) in [5.41, 5.74) is -0.886. The fourth-order valence-corrected chi connectivity index (χ4v) is 2.43. The van der Waals surface area contributed by atoms with Gasteiger partial charge in [0.25, 0.3) is 5.91 Å². The van der Waals surface area contributed by atoms with E-state index in [1.165, 1.54) is 6.20 Å². The van der Waals surface area contributed by atoms with Crippen LogP contribution in [0.4, 0.5) is 0 Å². The van der Waals surface area contributed by atoms with E-state index in [2.05, 4.69) is 17.2 Å². The van der Waals surface area contributed by atoms with Crippen LogP contribution in [0.2, 0.25) is 0 Å². The number of pyridine rings is 1. The first-order valence-corrected chi connectivity index (χ1v) is 6.50. The van der Waals surface area contributed by atoms with Gasteiger partial charge in [-0.15, -0.1) is 0 Å². The second-order valence-electron chi connectivity index (χ2n) is 5.24. The third-order valence-corrected chi connectivity index (χ3v) is 3.79. The van der Waals surface area contributed by atoms with Crippen LogP contribution in [0.5, 0.6) is 0 Å². The van der Waals surface area contributed by atoms with Crippen molar-refractivity contribution in [2.75, 3.05) is 0 Å². The minimum Gasteiger partial charge on any atom is -0.480 e. The van der Waals surface area contributed by atoms with Crippen LogP contribution >= 0.6 is 0 Å². The third kappa shape index (κ3) is 2.92. The van der Waals surface area contributed by atoms with E-state index in [9.17, 15) is 14.7 Å². The topological polar surface area (TPSA) is 79.3 Å². The predicted octanol–water partition coefficient (Wildman–Crippen LogP) is 1.84. The Hall–Kier alpha value is -1.91. The Morgan fingerprint density at radius 2 is 2.05 bits per heavy atom. The molecule has 0 atom stereocenters. The van der Waals surface area contributed by atoms with Gasteiger partial charge in [0.05, 0.1) is 0 Å². The fraction of sp³-hybridized carbons (Fsp3) is 0.500. The molecule has 0 aliphatic heterocycles. The lowest BCUT2D eigenvalue weighted by molar-refractivity contribution is -0.146. The number of hydrogen-bond acceptors (Lipinski definition) is 3. The summed E-state index contributed by atoms with van der Waals surface area (Å²) in [5, 5.41) is 12.1. The van der Waals surface area contributed by atoms with Gasteiger partial charge in [-0.2, -0.15) is 0 Å². The molecule has 0 aromatic carbocycles. The summed E-state index contributed by atoms with van der Waals surface area (Å²) >= 11 is 0. The van der Waals surface area contributed by atoms with Gasteiger partial charge in [-0.05, 0) is 43.7 Å². The van der Waals surface area contributed by atoms with E-state index < -0.39 is 17.4 Å². The van der Waals surface area contributed by atoms with Gasteiger partial charge in [0.15, 0.2) is 0 Å². The average Bonchev–Trinajstić information content (AvgIpc) is 2.42. The van der Waals surface area contributed by atoms with Crippen LogP contribution in [0, 0.1) is 5.92 Å². The Labute approximate surface area is 112 Å². The first-order chi connectivity index (χ1) is 9.03. The van der Waals surface area contributed by atoms with E-state index in [0.29, 0.717) is 18.8 Å². The van der Waals surface area contributed by atoms with Gasteiger partial charge in [0, 0.05) is 6.20 Å². The standard InChI is InChI=1S/C14H18N2O3/c1-10-5-7-14(8-6-10,13(18)19)16-12(17)11-4-2-3-9-15-11/h2-4,9-10H,5-8H2,1H3,(H,16,17)(H,18,19). The summed E-state index contributed by atoms with van der Waals surface area (Å²) in [7, 11) is 0. The smallest absolute Gasteiger partial charge is 0.329 e. The van der Waals surface area contributed by atoms with E-state index >= 15 is 0 Å². The van der Waals surface area contributed by atoms with Crippen LogP contribution in [0.1, 0.15) is 43.1 Å². The van der Waals surface area contributed by atoms with Crippen LogP contribution in [-0.4, -0.2) is 27.5 Å². The molecule has 102 valence electrons. The summed E-state index contributed by atoms with van der Waals surface area (Å²) < 4.78 is 0. The second-order valence-corrected chi connectivity index (χ2v) is 5.24. The van der Waals surface area contributed by atoms with Crippen molar-refractivity contribution in [3.63, 3.8) is 0 Å². The van der Waals surface area contributed by atoms with Crippen molar-refractivity contribution >= 4 is 11.9 Å². The minimum absolute atomic E-state index is 0.252. The van der Waals surface area contributed by atoms with Crippen molar-refractivity contribution < 1.29 is 14.7 Å². The van der Waals surface area contributed by atoms with E-state index in [1.54, 1.807) is 18.2 Å². The van der Waals surface area contributed by atoms with Gasteiger partial charge < -0.3 is 10.4 Å². The molecule has 0 spiro atoms. The van der Waals surface area contributed by atoms with Gasteiger partial charge in [-0.25, -0.2) is 4.79 Å². The quantitative estimate of drug-likeness (QED) is 0.871. The molecule has 1 aromatic rings. The molecule has 0 unspecified atom stereocenters. The zero-order valence-corrected chi connectivity index (χ0v) is 10.9. The lowest BCUT2D eigenvalue weighted by Crippen LogP contribution is -2.56. The molecule has 1 saturated carbocycles. The number of aliphatic carboxylic acids is 1. The molecule has 1 aromatic heterocycles. The van der Waals surface area contributed by atoms with Crippen LogP contribution in [-0.2, 0) is 4.79 Å². The lowest BCUT2D eigenvalue weighted by Gasteiger charge is -2.36. The summed E-state index contributed by atoms with van der Waals surface area (Å²) in [6.07, 6.45) is 4.10. The zero-order valence-electron chi connectivity index (χ0n) is 10.9. The van der Waals surface area contributed by atoms with Crippen LogP contribution in [0.25, 0.3) is 0 Å². The Morgan fingerprint density at radius 1 is 1.37 bits per heavy atom. The molecule has 1 fully saturated rings. The maximum absolute atomic E-state index is 12.1. The van der Waals surface area contributed by atoms with Crippen molar-refractivity contribution in [1.29, 1.82) is 0 Å². The van der Waals surface area contributed by atoms with Crippen molar-refractivity contribution in [2.45, 2.75) is 38.1 Å². The highest BCUT2D eigenvalue weighted by Gasteiger charge is 2.42. The molecular formula is C14H18N2O3. The number of carboxylic acid groups (broad SMARTS) is 1. The zero-order chi connectivity index (χ0) is 13.9. The minimum atomic E-state index is -1.14. The Balaban J connectivity index is 2.14. The van der Waals surface area contributed by atoms with Crippen molar-refractivity contribution in [3.8, 4) is 0 Å². The second kappa shape index (κ2) is 5.38. The molecule has 5 heteroatoms. The van der Waals surface area contributed by atoms with Crippen LogP contribution < -0.4 is 5.32 Å². The molecule has 19 heavy (non-hydrogen) atoms. The molecule has 2 N–H and O–H groups in total. The van der Waals surface area contributed by atoms with Crippen LogP contribution in [0.15, 0.2) is 24.4 Å². The first kappa shape index (κ1) is 13.5. The normalized spacial score (nSPS) is 26.7. The van der Waals surface area contributed by atoms with Gasteiger partial charge in [0.1, 0.15) is 11.2 Å². The average molecular weight is 262 g/mol. The number of rotatable bonds is 3. The number of nitrogens with zero attached hydrogens (tertiary/aromatic N) is 1. The summed E-state index contributed by atoms with van der Waals surface area (Å²) in [6, 6.07) is 5.00.